The highest BCUT2D eigenvalue weighted by atomic mass is 16.5. The predicted octanol–water partition coefficient (Wildman–Crippen LogP) is 4.15. The Morgan fingerprint density at radius 1 is 1.13 bits per heavy atom. The molecule has 0 atom stereocenters. The average Bonchev–Trinajstić information content (AvgIpc) is 3.12. The second kappa shape index (κ2) is 8.53. The second-order valence-corrected chi connectivity index (χ2v) is 6.99. The van der Waals surface area contributed by atoms with Crippen LogP contribution in [-0.2, 0) is 16.1 Å². The quantitative estimate of drug-likeness (QED) is 0.791. The highest BCUT2D eigenvalue weighted by Gasteiger charge is 2.27. The van der Waals surface area contributed by atoms with Gasteiger partial charge in [-0.25, -0.2) is 0 Å². The lowest BCUT2D eigenvalue weighted by Crippen LogP contribution is -2.43. The Hall–Kier alpha value is -1.29. The molecule has 0 N–H and O–H groups in total. The maximum absolute atomic E-state index is 12.9. The first-order valence-electron chi connectivity index (χ1n) is 9.22. The van der Waals surface area contributed by atoms with E-state index in [2.05, 4.69) is 0 Å². The zero-order valence-electron chi connectivity index (χ0n) is 14.0. The molecule has 0 radical (unpaired) electrons. The zero-order valence-corrected chi connectivity index (χ0v) is 14.0. The van der Waals surface area contributed by atoms with Crippen molar-refractivity contribution in [3.05, 3.63) is 24.2 Å². The maximum atomic E-state index is 12.9. The number of carbonyl (C=O) groups is 1. The van der Waals surface area contributed by atoms with E-state index in [-0.39, 0.29) is 0 Å². The van der Waals surface area contributed by atoms with Gasteiger partial charge in [0.25, 0.3) is 0 Å². The SMILES string of the molecule is O=C(CCC1CCCCC1)N(Cc1ccco1)C1CCOCC1. The summed E-state index contributed by atoms with van der Waals surface area (Å²) in [5.41, 5.74) is 0. The zero-order chi connectivity index (χ0) is 15.9. The third kappa shape index (κ3) is 4.84. The number of rotatable bonds is 6. The topological polar surface area (TPSA) is 42.7 Å². The van der Waals surface area contributed by atoms with Crippen molar-refractivity contribution in [1.82, 2.24) is 4.90 Å². The summed E-state index contributed by atoms with van der Waals surface area (Å²) in [6, 6.07) is 4.15. The highest BCUT2D eigenvalue weighted by molar-refractivity contribution is 5.76. The van der Waals surface area contributed by atoms with E-state index in [9.17, 15) is 4.79 Å². The van der Waals surface area contributed by atoms with Crippen LogP contribution in [0.2, 0.25) is 0 Å². The van der Waals surface area contributed by atoms with E-state index in [4.69, 9.17) is 9.15 Å². The number of carbonyl (C=O) groups excluding carboxylic acids is 1. The Kier molecular flexibility index (Phi) is 6.14. The van der Waals surface area contributed by atoms with Crippen LogP contribution in [-0.4, -0.2) is 30.1 Å². The molecule has 0 unspecified atom stereocenters. The number of furan rings is 1. The minimum atomic E-state index is 0.291. The van der Waals surface area contributed by atoms with Gasteiger partial charge in [0.2, 0.25) is 5.91 Å². The molecule has 1 saturated carbocycles. The summed E-state index contributed by atoms with van der Waals surface area (Å²) in [5.74, 6) is 1.93. The molecule has 1 aliphatic carbocycles. The fourth-order valence-corrected chi connectivity index (χ4v) is 3.94. The van der Waals surface area contributed by atoms with Crippen LogP contribution in [0.25, 0.3) is 0 Å². The molecule has 1 aromatic rings. The van der Waals surface area contributed by atoms with E-state index in [1.807, 2.05) is 17.0 Å². The largest absolute Gasteiger partial charge is 0.467 e. The molecule has 23 heavy (non-hydrogen) atoms. The predicted molar refractivity (Wildman–Crippen MR) is 88.9 cm³/mol. The molecular weight excluding hydrogens is 290 g/mol. The first-order chi connectivity index (χ1) is 11.3. The first-order valence-corrected chi connectivity index (χ1v) is 9.22. The third-order valence-electron chi connectivity index (χ3n) is 5.35. The third-order valence-corrected chi connectivity index (χ3v) is 5.35. The molecule has 0 aromatic carbocycles. The minimum Gasteiger partial charge on any atom is -0.467 e. The van der Waals surface area contributed by atoms with Gasteiger partial charge in [-0.3, -0.25) is 4.79 Å². The minimum absolute atomic E-state index is 0.291. The molecule has 2 aliphatic rings. The molecule has 0 spiro atoms. The van der Waals surface area contributed by atoms with Crippen LogP contribution in [0.3, 0.4) is 0 Å². The van der Waals surface area contributed by atoms with Gasteiger partial charge in [-0.1, -0.05) is 32.1 Å². The summed E-state index contributed by atoms with van der Waals surface area (Å²) < 4.78 is 10.9. The van der Waals surface area contributed by atoms with E-state index >= 15 is 0 Å². The van der Waals surface area contributed by atoms with E-state index in [1.54, 1.807) is 6.26 Å². The lowest BCUT2D eigenvalue weighted by Gasteiger charge is -2.34. The van der Waals surface area contributed by atoms with Crippen LogP contribution in [0, 0.1) is 5.92 Å². The van der Waals surface area contributed by atoms with Gasteiger partial charge < -0.3 is 14.1 Å². The number of hydrogen-bond acceptors (Lipinski definition) is 3. The molecule has 1 saturated heterocycles. The molecule has 0 bridgehead atoms. The van der Waals surface area contributed by atoms with Crippen LogP contribution in [0.5, 0.6) is 0 Å². The number of nitrogens with zero attached hydrogens (tertiary/aromatic N) is 1. The summed E-state index contributed by atoms with van der Waals surface area (Å²) in [7, 11) is 0. The molecule has 2 heterocycles. The van der Waals surface area contributed by atoms with E-state index in [1.165, 1.54) is 32.1 Å². The van der Waals surface area contributed by atoms with Crippen molar-refractivity contribution in [2.24, 2.45) is 5.92 Å². The van der Waals surface area contributed by atoms with Gasteiger partial charge >= 0.3 is 0 Å². The van der Waals surface area contributed by atoms with Crippen LogP contribution < -0.4 is 0 Å². The fourth-order valence-electron chi connectivity index (χ4n) is 3.94. The van der Waals surface area contributed by atoms with Gasteiger partial charge in [-0.2, -0.15) is 0 Å². The molecule has 2 fully saturated rings. The van der Waals surface area contributed by atoms with Crippen molar-refractivity contribution in [3.8, 4) is 0 Å². The summed E-state index contributed by atoms with van der Waals surface area (Å²) in [5, 5.41) is 0. The lowest BCUT2D eigenvalue weighted by atomic mass is 9.86. The summed E-state index contributed by atoms with van der Waals surface area (Å²) in [6.45, 7) is 2.12. The number of hydrogen-bond donors (Lipinski definition) is 0. The molecule has 128 valence electrons. The Morgan fingerprint density at radius 2 is 1.91 bits per heavy atom. The Bertz CT molecular complexity index is 459. The Morgan fingerprint density at radius 3 is 2.61 bits per heavy atom. The molecule has 1 amide bonds. The average molecular weight is 319 g/mol. The molecule has 1 aliphatic heterocycles. The maximum Gasteiger partial charge on any atom is 0.223 e. The standard InChI is InChI=1S/C19H29NO3/c21-19(9-8-16-5-2-1-3-6-16)20(15-18-7-4-12-23-18)17-10-13-22-14-11-17/h4,7,12,16-17H,1-3,5-6,8-11,13-15H2. The smallest absolute Gasteiger partial charge is 0.223 e. The van der Waals surface area contributed by atoms with Crippen LogP contribution >= 0.6 is 0 Å². The normalized spacial score (nSPS) is 20.5. The Balaban J connectivity index is 1.57. The van der Waals surface area contributed by atoms with Crippen molar-refractivity contribution < 1.29 is 13.9 Å². The van der Waals surface area contributed by atoms with Gasteiger partial charge in [0.1, 0.15) is 5.76 Å². The van der Waals surface area contributed by atoms with Gasteiger partial charge in [0, 0.05) is 25.7 Å². The number of ether oxygens (including phenoxy) is 1. The molecule has 4 heteroatoms. The van der Waals surface area contributed by atoms with Crippen molar-refractivity contribution in [1.29, 1.82) is 0 Å². The molecule has 4 nitrogen and oxygen atoms in total. The molecule has 1 aromatic heterocycles. The van der Waals surface area contributed by atoms with Gasteiger partial charge in [0.05, 0.1) is 12.8 Å². The van der Waals surface area contributed by atoms with Crippen molar-refractivity contribution in [3.63, 3.8) is 0 Å². The van der Waals surface area contributed by atoms with Gasteiger partial charge in [-0.15, -0.1) is 0 Å². The summed E-state index contributed by atoms with van der Waals surface area (Å²) >= 11 is 0. The molecule has 3 rings (SSSR count). The highest BCUT2D eigenvalue weighted by Crippen LogP contribution is 2.28. The fraction of sp³-hybridized carbons (Fsp3) is 0.737. The van der Waals surface area contributed by atoms with E-state index in [0.717, 1.165) is 44.2 Å². The lowest BCUT2D eigenvalue weighted by molar-refractivity contribution is -0.137. The van der Waals surface area contributed by atoms with Gasteiger partial charge in [-0.05, 0) is 37.3 Å². The molecular formula is C19H29NO3. The van der Waals surface area contributed by atoms with E-state index in [0.29, 0.717) is 24.9 Å². The summed E-state index contributed by atoms with van der Waals surface area (Å²) in [4.78, 5) is 14.9. The van der Waals surface area contributed by atoms with Crippen molar-refractivity contribution >= 4 is 5.91 Å². The second-order valence-electron chi connectivity index (χ2n) is 6.99. The summed E-state index contributed by atoms with van der Waals surface area (Å²) in [6.07, 6.45) is 12.0. The Labute approximate surface area is 139 Å². The number of amides is 1. The van der Waals surface area contributed by atoms with Crippen LogP contribution in [0.4, 0.5) is 0 Å². The monoisotopic (exact) mass is 319 g/mol. The van der Waals surface area contributed by atoms with Crippen LogP contribution in [0.1, 0.15) is 63.5 Å². The van der Waals surface area contributed by atoms with Crippen LogP contribution in [0.15, 0.2) is 22.8 Å². The van der Waals surface area contributed by atoms with Crippen molar-refractivity contribution in [2.75, 3.05) is 13.2 Å². The van der Waals surface area contributed by atoms with E-state index < -0.39 is 0 Å². The van der Waals surface area contributed by atoms with Gasteiger partial charge in [0.15, 0.2) is 0 Å². The van der Waals surface area contributed by atoms with Crippen molar-refractivity contribution in [2.45, 2.75) is 70.4 Å². The first kappa shape index (κ1) is 16.6.